The van der Waals surface area contributed by atoms with Gasteiger partial charge in [0.25, 0.3) is 0 Å². The van der Waals surface area contributed by atoms with Gasteiger partial charge in [0.1, 0.15) is 16.9 Å². The van der Waals surface area contributed by atoms with Gasteiger partial charge in [0.2, 0.25) is 0 Å². The first-order valence-corrected chi connectivity index (χ1v) is 7.61. The number of hydrogen-bond acceptors (Lipinski definition) is 5. The van der Waals surface area contributed by atoms with Gasteiger partial charge in [-0.15, -0.1) is 0 Å². The van der Waals surface area contributed by atoms with E-state index in [1.807, 2.05) is 29.9 Å². The van der Waals surface area contributed by atoms with E-state index in [0.717, 1.165) is 16.6 Å². The van der Waals surface area contributed by atoms with E-state index in [4.69, 9.17) is 4.74 Å². The number of fused-ring (bicyclic) bond motifs is 2. The minimum atomic E-state index is -0.436. The molecular formula is C17H15N5O2. The van der Waals surface area contributed by atoms with E-state index in [1.165, 1.54) is 0 Å². The summed E-state index contributed by atoms with van der Waals surface area (Å²) in [7, 11) is 1.94. The molecule has 0 unspecified atom stereocenters. The minimum Gasteiger partial charge on any atom is -0.462 e. The molecule has 120 valence electrons. The highest BCUT2D eigenvalue weighted by Gasteiger charge is 2.23. The number of carbonyl (C=O) groups excluding carboxylic acids is 1. The summed E-state index contributed by atoms with van der Waals surface area (Å²) in [6.45, 7) is 2.06. The third-order valence-corrected chi connectivity index (χ3v) is 3.86. The molecule has 0 atom stereocenters. The van der Waals surface area contributed by atoms with Crippen LogP contribution in [0, 0.1) is 0 Å². The van der Waals surface area contributed by atoms with E-state index < -0.39 is 5.97 Å². The Morgan fingerprint density at radius 3 is 2.96 bits per heavy atom. The highest BCUT2D eigenvalue weighted by Crippen LogP contribution is 2.28. The van der Waals surface area contributed by atoms with Crippen molar-refractivity contribution >= 4 is 22.6 Å². The maximum absolute atomic E-state index is 12.4. The molecule has 0 saturated carbocycles. The maximum atomic E-state index is 12.4. The van der Waals surface area contributed by atoms with Crippen molar-refractivity contribution in [3.63, 3.8) is 0 Å². The topological polar surface area (TPSA) is 74.3 Å². The van der Waals surface area contributed by atoms with Crippen molar-refractivity contribution < 1.29 is 9.53 Å². The summed E-state index contributed by atoms with van der Waals surface area (Å²) in [5, 5.41) is 5.49. The number of rotatable bonds is 3. The molecule has 0 radical (unpaired) electrons. The summed E-state index contributed by atoms with van der Waals surface area (Å²) in [5.41, 5.74) is 2.97. The van der Waals surface area contributed by atoms with Gasteiger partial charge in [-0.1, -0.05) is 0 Å². The Morgan fingerprint density at radius 2 is 2.12 bits per heavy atom. The Labute approximate surface area is 137 Å². The van der Waals surface area contributed by atoms with Crippen LogP contribution < -0.4 is 0 Å². The molecule has 4 rings (SSSR count). The van der Waals surface area contributed by atoms with E-state index in [-0.39, 0.29) is 0 Å². The van der Waals surface area contributed by atoms with Crippen LogP contribution in [-0.2, 0) is 11.8 Å². The molecule has 4 heterocycles. The zero-order valence-electron chi connectivity index (χ0n) is 13.3. The van der Waals surface area contributed by atoms with E-state index >= 15 is 0 Å². The third-order valence-electron chi connectivity index (χ3n) is 3.86. The van der Waals surface area contributed by atoms with E-state index in [2.05, 4.69) is 15.1 Å². The van der Waals surface area contributed by atoms with Crippen molar-refractivity contribution in [2.45, 2.75) is 6.92 Å². The quantitative estimate of drug-likeness (QED) is 0.542. The molecule has 0 bridgehead atoms. The lowest BCUT2D eigenvalue weighted by atomic mass is 10.1. The third kappa shape index (κ3) is 2.13. The Kier molecular flexibility index (Phi) is 3.26. The number of aryl methyl sites for hydroxylation is 1. The average molecular weight is 321 g/mol. The number of aromatic nitrogens is 5. The number of carbonyl (C=O) groups is 1. The van der Waals surface area contributed by atoms with Crippen LogP contribution in [-0.4, -0.2) is 36.7 Å². The smallest absolute Gasteiger partial charge is 0.344 e. The highest BCUT2D eigenvalue weighted by molar-refractivity contribution is 6.02. The van der Waals surface area contributed by atoms with Crippen molar-refractivity contribution in [2.24, 2.45) is 7.05 Å². The monoisotopic (exact) mass is 321 g/mol. The molecule has 0 amide bonds. The normalized spacial score (nSPS) is 11.2. The molecule has 4 aromatic heterocycles. The number of hydrogen-bond donors (Lipinski definition) is 0. The Bertz CT molecular complexity index is 1060. The Balaban J connectivity index is 1.96. The van der Waals surface area contributed by atoms with Crippen molar-refractivity contribution in [1.29, 1.82) is 0 Å². The second kappa shape index (κ2) is 5.45. The van der Waals surface area contributed by atoms with Crippen LogP contribution >= 0.6 is 0 Å². The fourth-order valence-corrected chi connectivity index (χ4v) is 2.76. The number of nitrogens with zero attached hydrogens (tertiary/aromatic N) is 5. The first-order valence-electron chi connectivity index (χ1n) is 7.61. The zero-order valence-corrected chi connectivity index (χ0v) is 13.3. The van der Waals surface area contributed by atoms with E-state index in [1.54, 1.807) is 36.1 Å². The standard InChI is InChI=1S/C17H15N5O2/c1-3-24-17(23)13-14(20-22-7-4-6-18-16(13)22)12-9-11-5-8-21(2)15(11)19-10-12/h4-10H,3H2,1-2H3. The van der Waals surface area contributed by atoms with Crippen molar-refractivity contribution in [3.05, 3.63) is 48.5 Å². The summed E-state index contributed by atoms with van der Waals surface area (Å²) in [4.78, 5) is 21.2. The van der Waals surface area contributed by atoms with Gasteiger partial charge in [0, 0.05) is 42.8 Å². The zero-order chi connectivity index (χ0) is 16.7. The van der Waals surface area contributed by atoms with Crippen LogP contribution in [0.15, 0.2) is 43.0 Å². The SMILES string of the molecule is CCOC(=O)c1c(-c2cnc3c(ccn3C)c2)nn2cccnc12. The van der Waals surface area contributed by atoms with E-state index in [9.17, 15) is 4.79 Å². The fraction of sp³-hybridized carbons (Fsp3) is 0.176. The van der Waals surface area contributed by atoms with Gasteiger partial charge in [0.15, 0.2) is 5.65 Å². The number of pyridine rings is 1. The highest BCUT2D eigenvalue weighted by atomic mass is 16.5. The molecular weight excluding hydrogens is 306 g/mol. The largest absolute Gasteiger partial charge is 0.462 e. The molecule has 0 saturated heterocycles. The summed E-state index contributed by atoms with van der Waals surface area (Å²) < 4.78 is 8.71. The number of esters is 1. The van der Waals surface area contributed by atoms with Crippen molar-refractivity contribution in [3.8, 4) is 11.3 Å². The van der Waals surface area contributed by atoms with Gasteiger partial charge in [0.05, 0.1) is 6.61 Å². The van der Waals surface area contributed by atoms with Gasteiger partial charge in [-0.3, -0.25) is 0 Å². The fourth-order valence-electron chi connectivity index (χ4n) is 2.76. The van der Waals surface area contributed by atoms with Gasteiger partial charge in [-0.05, 0) is 25.1 Å². The second-order valence-corrected chi connectivity index (χ2v) is 5.40. The van der Waals surface area contributed by atoms with Crippen LogP contribution in [0.2, 0.25) is 0 Å². The first-order chi connectivity index (χ1) is 11.7. The van der Waals surface area contributed by atoms with Crippen LogP contribution in [0.3, 0.4) is 0 Å². The molecule has 7 heteroatoms. The van der Waals surface area contributed by atoms with Crippen molar-refractivity contribution in [2.75, 3.05) is 6.61 Å². The minimum absolute atomic E-state index is 0.290. The van der Waals surface area contributed by atoms with Gasteiger partial charge >= 0.3 is 5.97 Å². The van der Waals surface area contributed by atoms with Crippen LogP contribution in [0.4, 0.5) is 0 Å². The Hall–Kier alpha value is -3.22. The first kappa shape index (κ1) is 14.4. The molecule has 24 heavy (non-hydrogen) atoms. The predicted molar refractivity (Wildman–Crippen MR) is 88.7 cm³/mol. The summed E-state index contributed by atoms with van der Waals surface area (Å²) in [5.74, 6) is -0.436. The number of ether oxygens (including phenoxy) is 1. The molecule has 0 aliphatic carbocycles. The van der Waals surface area contributed by atoms with Gasteiger partial charge in [-0.25, -0.2) is 19.3 Å². The Morgan fingerprint density at radius 1 is 1.25 bits per heavy atom. The molecule has 7 nitrogen and oxygen atoms in total. The predicted octanol–water partition coefficient (Wildman–Crippen LogP) is 2.46. The van der Waals surface area contributed by atoms with Crippen LogP contribution in [0.5, 0.6) is 0 Å². The maximum Gasteiger partial charge on any atom is 0.344 e. The lowest BCUT2D eigenvalue weighted by Crippen LogP contribution is -2.06. The molecule has 4 aromatic rings. The lowest BCUT2D eigenvalue weighted by Gasteiger charge is -2.03. The lowest BCUT2D eigenvalue weighted by molar-refractivity contribution is 0.0529. The molecule has 0 spiro atoms. The second-order valence-electron chi connectivity index (χ2n) is 5.40. The van der Waals surface area contributed by atoms with Crippen LogP contribution in [0.1, 0.15) is 17.3 Å². The van der Waals surface area contributed by atoms with Crippen molar-refractivity contribution in [1.82, 2.24) is 24.1 Å². The van der Waals surface area contributed by atoms with Gasteiger partial charge < -0.3 is 9.30 Å². The van der Waals surface area contributed by atoms with Gasteiger partial charge in [-0.2, -0.15) is 5.10 Å². The van der Waals surface area contributed by atoms with Crippen LogP contribution in [0.25, 0.3) is 27.9 Å². The summed E-state index contributed by atoms with van der Waals surface area (Å²) in [6, 6.07) is 5.70. The molecule has 0 N–H and O–H groups in total. The average Bonchev–Trinajstić information content (AvgIpc) is 3.16. The van der Waals surface area contributed by atoms with E-state index in [0.29, 0.717) is 23.5 Å². The molecule has 0 fully saturated rings. The molecule has 0 aliphatic heterocycles. The summed E-state index contributed by atoms with van der Waals surface area (Å²) >= 11 is 0. The summed E-state index contributed by atoms with van der Waals surface area (Å²) in [6.07, 6.45) is 7.04. The molecule has 0 aromatic carbocycles. The molecule has 0 aliphatic rings.